The second-order valence-corrected chi connectivity index (χ2v) is 6.55. The number of hydrogen-bond acceptors (Lipinski definition) is 3. The Balaban J connectivity index is 1.94. The first kappa shape index (κ1) is 16.6. The third kappa shape index (κ3) is 4.34. The summed E-state index contributed by atoms with van der Waals surface area (Å²) < 4.78 is 5.80. The smallest absolute Gasteiger partial charge is 0.261 e. The molecule has 1 unspecified atom stereocenters. The quantitative estimate of drug-likeness (QED) is 0.853. The molecule has 2 aromatic rings. The van der Waals surface area contributed by atoms with Crippen LogP contribution in [0.3, 0.4) is 0 Å². The number of rotatable bonds is 6. The van der Waals surface area contributed by atoms with Crippen LogP contribution in [0.5, 0.6) is 5.75 Å². The van der Waals surface area contributed by atoms with Gasteiger partial charge in [0.2, 0.25) is 0 Å². The molecule has 3 nitrogen and oxygen atoms in total. The van der Waals surface area contributed by atoms with Crippen LogP contribution in [0.15, 0.2) is 29.6 Å². The monoisotopic (exact) mass is 317 g/mol. The fourth-order valence-corrected chi connectivity index (χ4v) is 2.74. The van der Waals surface area contributed by atoms with Crippen molar-refractivity contribution in [2.45, 2.75) is 46.8 Å². The van der Waals surface area contributed by atoms with Gasteiger partial charge >= 0.3 is 0 Å². The van der Waals surface area contributed by atoms with Gasteiger partial charge in [0, 0.05) is 11.6 Å². The minimum absolute atomic E-state index is 0.00298. The van der Waals surface area contributed by atoms with Crippen molar-refractivity contribution >= 4 is 17.2 Å². The number of benzene rings is 1. The zero-order valence-corrected chi connectivity index (χ0v) is 14.4. The molecule has 118 valence electrons. The molecule has 1 atom stereocenters. The van der Waals surface area contributed by atoms with Crippen LogP contribution in [0.4, 0.5) is 0 Å². The second kappa shape index (κ2) is 7.45. The minimum Gasteiger partial charge on any atom is -0.489 e. The lowest BCUT2D eigenvalue weighted by Gasteiger charge is -2.09. The van der Waals surface area contributed by atoms with Crippen molar-refractivity contribution in [3.8, 4) is 5.75 Å². The Morgan fingerprint density at radius 3 is 2.73 bits per heavy atom. The van der Waals surface area contributed by atoms with Crippen LogP contribution in [-0.2, 0) is 6.61 Å². The standard InChI is InChI=1S/C18H23NO2S/c1-5-14(4)19-18(20)17-9-15(11-22-17)10-21-16-7-6-12(2)13(3)8-16/h6-9,11,14H,5,10H2,1-4H3,(H,19,20). The van der Waals surface area contributed by atoms with Gasteiger partial charge in [-0.2, -0.15) is 0 Å². The lowest BCUT2D eigenvalue weighted by molar-refractivity contribution is 0.0943. The van der Waals surface area contributed by atoms with E-state index < -0.39 is 0 Å². The minimum atomic E-state index is -0.00298. The Kier molecular flexibility index (Phi) is 5.61. The second-order valence-electron chi connectivity index (χ2n) is 5.64. The van der Waals surface area contributed by atoms with Crippen LogP contribution in [0.25, 0.3) is 0 Å². The van der Waals surface area contributed by atoms with Gasteiger partial charge in [-0.15, -0.1) is 11.3 Å². The number of aryl methyl sites for hydroxylation is 2. The average Bonchev–Trinajstić information content (AvgIpc) is 2.97. The summed E-state index contributed by atoms with van der Waals surface area (Å²) in [5, 5.41) is 4.96. The number of carbonyl (C=O) groups is 1. The molecule has 0 saturated carbocycles. The number of carbonyl (C=O) groups excluding carboxylic acids is 1. The maximum absolute atomic E-state index is 12.0. The summed E-state index contributed by atoms with van der Waals surface area (Å²) in [4.78, 5) is 12.8. The van der Waals surface area contributed by atoms with Crippen molar-refractivity contribution in [3.63, 3.8) is 0 Å². The van der Waals surface area contributed by atoms with E-state index in [1.54, 1.807) is 0 Å². The fourth-order valence-electron chi connectivity index (χ4n) is 1.94. The normalized spacial score (nSPS) is 12.0. The fraction of sp³-hybridized carbons (Fsp3) is 0.389. The number of hydrogen-bond donors (Lipinski definition) is 1. The van der Waals surface area contributed by atoms with Gasteiger partial charge in [-0.3, -0.25) is 4.79 Å². The predicted octanol–water partition coefficient (Wildman–Crippen LogP) is 4.47. The van der Waals surface area contributed by atoms with E-state index in [4.69, 9.17) is 4.74 Å². The highest BCUT2D eigenvalue weighted by molar-refractivity contribution is 7.12. The molecule has 1 aromatic heterocycles. The molecule has 0 fully saturated rings. The maximum atomic E-state index is 12.0. The Hall–Kier alpha value is -1.81. The zero-order valence-electron chi connectivity index (χ0n) is 13.6. The predicted molar refractivity (Wildman–Crippen MR) is 91.8 cm³/mol. The van der Waals surface area contributed by atoms with Crippen LogP contribution in [-0.4, -0.2) is 11.9 Å². The zero-order chi connectivity index (χ0) is 16.1. The van der Waals surface area contributed by atoms with Crippen LogP contribution >= 0.6 is 11.3 Å². The third-order valence-corrected chi connectivity index (χ3v) is 4.73. The van der Waals surface area contributed by atoms with Gasteiger partial charge in [-0.1, -0.05) is 13.0 Å². The van der Waals surface area contributed by atoms with Crippen LogP contribution < -0.4 is 10.1 Å². The van der Waals surface area contributed by atoms with E-state index in [1.165, 1.54) is 22.5 Å². The SMILES string of the molecule is CCC(C)NC(=O)c1cc(COc2ccc(C)c(C)c2)cs1. The number of ether oxygens (including phenoxy) is 1. The van der Waals surface area contributed by atoms with E-state index in [0.29, 0.717) is 6.61 Å². The Morgan fingerprint density at radius 2 is 2.05 bits per heavy atom. The third-order valence-electron chi connectivity index (χ3n) is 3.75. The van der Waals surface area contributed by atoms with Gasteiger partial charge in [-0.05, 0) is 61.9 Å². The highest BCUT2D eigenvalue weighted by Crippen LogP contribution is 2.20. The highest BCUT2D eigenvalue weighted by Gasteiger charge is 2.11. The number of thiophene rings is 1. The Bertz CT molecular complexity index is 648. The lowest BCUT2D eigenvalue weighted by Crippen LogP contribution is -2.31. The van der Waals surface area contributed by atoms with Crippen molar-refractivity contribution in [2.24, 2.45) is 0 Å². The molecule has 22 heavy (non-hydrogen) atoms. The molecular formula is C18H23NO2S. The van der Waals surface area contributed by atoms with Gasteiger partial charge in [0.05, 0.1) is 4.88 Å². The lowest BCUT2D eigenvalue weighted by atomic mass is 10.1. The molecule has 4 heteroatoms. The summed E-state index contributed by atoms with van der Waals surface area (Å²) in [6.45, 7) is 8.71. The molecule has 0 aliphatic heterocycles. The summed E-state index contributed by atoms with van der Waals surface area (Å²) in [7, 11) is 0. The van der Waals surface area contributed by atoms with Gasteiger partial charge < -0.3 is 10.1 Å². The first-order valence-corrected chi connectivity index (χ1v) is 8.46. The molecule has 1 amide bonds. The Morgan fingerprint density at radius 1 is 1.27 bits per heavy atom. The first-order valence-electron chi connectivity index (χ1n) is 7.58. The van der Waals surface area contributed by atoms with E-state index in [0.717, 1.165) is 22.6 Å². The van der Waals surface area contributed by atoms with E-state index in [9.17, 15) is 4.79 Å². The van der Waals surface area contributed by atoms with Crippen molar-refractivity contribution in [1.29, 1.82) is 0 Å². The highest BCUT2D eigenvalue weighted by atomic mass is 32.1. The van der Waals surface area contributed by atoms with E-state index in [1.807, 2.05) is 30.5 Å². The molecule has 0 radical (unpaired) electrons. The summed E-state index contributed by atoms with van der Waals surface area (Å²) in [6.07, 6.45) is 0.930. The van der Waals surface area contributed by atoms with E-state index in [2.05, 4.69) is 32.2 Å². The number of amides is 1. The van der Waals surface area contributed by atoms with Crippen molar-refractivity contribution < 1.29 is 9.53 Å². The van der Waals surface area contributed by atoms with E-state index in [-0.39, 0.29) is 11.9 Å². The van der Waals surface area contributed by atoms with Gasteiger partial charge in [0.15, 0.2) is 0 Å². The summed E-state index contributed by atoms with van der Waals surface area (Å²) >= 11 is 1.46. The summed E-state index contributed by atoms with van der Waals surface area (Å²) in [6, 6.07) is 8.18. The summed E-state index contributed by atoms with van der Waals surface area (Å²) in [5.41, 5.74) is 3.50. The molecule has 1 N–H and O–H groups in total. The molecule has 1 aromatic carbocycles. The van der Waals surface area contributed by atoms with Crippen molar-refractivity contribution in [3.05, 3.63) is 51.2 Å². The first-order chi connectivity index (χ1) is 10.5. The molecule has 0 bridgehead atoms. The van der Waals surface area contributed by atoms with Crippen LogP contribution in [0.1, 0.15) is 46.6 Å². The Labute approximate surface area is 136 Å². The van der Waals surface area contributed by atoms with Gasteiger partial charge in [0.1, 0.15) is 12.4 Å². The molecule has 0 spiro atoms. The van der Waals surface area contributed by atoms with E-state index >= 15 is 0 Å². The molecular weight excluding hydrogens is 294 g/mol. The topological polar surface area (TPSA) is 38.3 Å². The van der Waals surface area contributed by atoms with Crippen LogP contribution in [0.2, 0.25) is 0 Å². The van der Waals surface area contributed by atoms with Gasteiger partial charge in [-0.25, -0.2) is 0 Å². The van der Waals surface area contributed by atoms with Crippen LogP contribution in [0, 0.1) is 13.8 Å². The van der Waals surface area contributed by atoms with Crippen molar-refractivity contribution in [1.82, 2.24) is 5.32 Å². The maximum Gasteiger partial charge on any atom is 0.261 e. The van der Waals surface area contributed by atoms with Crippen molar-refractivity contribution in [2.75, 3.05) is 0 Å². The summed E-state index contributed by atoms with van der Waals surface area (Å²) in [5.74, 6) is 0.858. The molecule has 0 saturated heterocycles. The molecule has 0 aliphatic carbocycles. The average molecular weight is 317 g/mol. The molecule has 2 rings (SSSR count). The molecule has 0 aliphatic rings. The largest absolute Gasteiger partial charge is 0.489 e. The number of nitrogens with one attached hydrogen (secondary N) is 1. The molecule has 1 heterocycles. The van der Waals surface area contributed by atoms with Gasteiger partial charge in [0.25, 0.3) is 5.91 Å².